The number of carboxylic acid groups (broad SMARTS) is 1. The van der Waals surface area contributed by atoms with Gasteiger partial charge in [0.1, 0.15) is 12.4 Å². The van der Waals surface area contributed by atoms with E-state index in [1.807, 2.05) is 6.92 Å². The van der Waals surface area contributed by atoms with Crippen LogP contribution in [0.1, 0.15) is 24.9 Å². The third-order valence-electron chi connectivity index (χ3n) is 2.64. The van der Waals surface area contributed by atoms with Crippen molar-refractivity contribution < 1.29 is 24.2 Å². The molecule has 0 bridgehead atoms. The summed E-state index contributed by atoms with van der Waals surface area (Å²) in [6.45, 7) is 2.22. The largest absolute Gasteiger partial charge is 0.496 e. The predicted octanol–water partition coefficient (Wildman–Crippen LogP) is 2.13. The number of methoxy groups -OCH3 is 1. The molecule has 1 atom stereocenters. The van der Waals surface area contributed by atoms with Gasteiger partial charge in [-0.1, -0.05) is 13.0 Å². The van der Waals surface area contributed by atoms with Crippen LogP contribution in [0.2, 0.25) is 0 Å². The van der Waals surface area contributed by atoms with E-state index in [4.69, 9.17) is 9.47 Å². The third-order valence-corrected chi connectivity index (χ3v) is 3.26. The first-order chi connectivity index (χ1) is 9.99. The van der Waals surface area contributed by atoms with Crippen LogP contribution >= 0.6 is 15.9 Å². The van der Waals surface area contributed by atoms with Crippen molar-refractivity contribution >= 4 is 27.8 Å². The molecular weight excluding hydrogens is 342 g/mol. The summed E-state index contributed by atoms with van der Waals surface area (Å²) in [7, 11) is 1.52. The van der Waals surface area contributed by atoms with E-state index >= 15 is 0 Å². The van der Waals surface area contributed by atoms with Crippen molar-refractivity contribution in [1.29, 1.82) is 0 Å². The lowest BCUT2D eigenvalue weighted by atomic mass is 10.1. The van der Waals surface area contributed by atoms with Gasteiger partial charge < -0.3 is 19.9 Å². The van der Waals surface area contributed by atoms with E-state index in [-0.39, 0.29) is 6.61 Å². The van der Waals surface area contributed by atoms with Crippen molar-refractivity contribution in [3.63, 3.8) is 0 Å². The van der Waals surface area contributed by atoms with E-state index in [1.165, 1.54) is 7.11 Å². The standard InChI is InChI=1S/C14H18BrNO5/c1-3-6-21-8-12(17)16-13(14(18)19)9-4-5-11(20-2)10(15)7-9/h4-5,7,13H,3,6,8H2,1-2H3,(H,16,17)(H,18,19). The maximum atomic E-state index is 11.7. The summed E-state index contributed by atoms with van der Waals surface area (Å²) in [5.41, 5.74) is 0.444. The molecule has 0 fully saturated rings. The highest BCUT2D eigenvalue weighted by Crippen LogP contribution is 2.28. The van der Waals surface area contributed by atoms with Gasteiger partial charge in [0.05, 0.1) is 11.6 Å². The first kappa shape index (κ1) is 17.5. The summed E-state index contributed by atoms with van der Waals surface area (Å²) >= 11 is 3.29. The zero-order valence-corrected chi connectivity index (χ0v) is 13.5. The summed E-state index contributed by atoms with van der Waals surface area (Å²) in [6.07, 6.45) is 0.793. The quantitative estimate of drug-likeness (QED) is 0.694. The minimum atomic E-state index is -1.14. The topological polar surface area (TPSA) is 84.9 Å². The molecule has 6 nitrogen and oxygen atoms in total. The molecule has 0 aromatic heterocycles. The molecule has 1 unspecified atom stereocenters. The van der Waals surface area contributed by atoms with Crippen LogP contribution in [0.4, 0.5) is 0 Å². The van der Waals surface area contributed by atoms with Crippen molar-refractivity contribution in [2.75, 3.05) is 20.3 Å². The van der Waals surface area contributed by atoms with Crippen LogP contribution in [0.25, 0.3) is 0 Å². The Balaban J connectivity index is 2.80. The highest BCUT2D eigenvalue weighted by molar-refractivity contribution is 9.10. The maximum absolute atomic E-state index is 11.7. The van der Waals surface area contributed by atoms with Crippen molar-refractivity contribution in [3.8, 4) is 5.75 Å². The zero-order chi connectivity index (χ0) is 15.8. The highest BCUT2D eigenvalue weighted by Gasteiger charge is 2.22. The van der Waals surface area contributed by atoms with Gasteiger partial charge in [-0.2, -0.15) is 0 Å². The average Bonchev–Trinajstić information content (AvgIpc) is 2.44. The Morgan fingerprint density at radius 1 is 1.43 bits per heavy atom. The molecule has 7 heteroatoms. The van der Waals surface area contributed by atoms with E-state index < -0.39 is 17.9 Å². The van der Waals surface area contributed by atoms with Crippen LogP contribution in [0.15, 0.2) is 22.7 Å². The number of carboxylic acids is 1. The van der Waals surface area contributed by atoms with E-state index in [1.54, 1.807) is 18.2 Å². The van der Waals surface area contributed by atoms with Crippen molar-refractivity contribution in [2.45, 2.75) is 19.4 Å². The molecule has 0 saturated carbocycles. The number of amides is 1. The molecule has 1 aromatic carbocycles. The molecule has 2 N–H and O–H groups in total. The van der Waals surface area contributed by atoms with E-state index in [2.05, 4.69) is 21.2 Å². The number of nitrogens with one attached hydrogen (secondary N) is 1. The van der Waals surface area contributed by atoms with Crippen LogP contribution in [-0.4, -0.2) is 37.3 Å². The van der Waals surface area contributed by atoms with E-state index in [9.17, 15) is 14.7 Å². The van der Waals surface area contributed by atoms with Gasteiger partial charge in [-0.05, 0) is 40.0 Å². The Bertz CT molecular complexity index is 506. The number of halogens is 1. The molecule has 1 rings (SSSR count). The van der Waals surface area contributed by atoms with Gasteiger partial charge in [0.15, 0.2) is 6.04 Å². The van der Waals surface area contributed by atoms with Gasteiger partial charge in [0.2, 0.25) is 5.91 Å². The number of benzene rings is 1. The Kier molecular flexibility index (Phi) is 7.18. The molecule has 1 aromatic rings. The summed E-state index contributed by atoms with van der Waals surface area (Å²) < 4.78 is 10.8. The minimum absolute atomic E-state index is 0.158. The normalized spacial score (nSPS) is 11.8. The van der Waals surface area contributed by atoms with Gasteiger partial charge in [-0.25, -0.2) is 4.79 Å². The number of carbonyl (C=O) groups is 2. The van der Waals surface area contributed by atoms with Crippen molar-refractivity contribution in [3.05, 3.63) is 28.2 Å². The highest BCUT2D eigenvalue weighted by atomic mass is 79.9. The Morgan fingerprint density at radius 2 is 2.14 bits per heavy atom. The molecule has 0 heterocycles. The fourth-order valence-electron chi connectivity index (χ4n) is 1.66. The van der Waals surface area contributed by atoms with Gasteiger partial charge >= 0.3 is 5.97 Å². The van der Waals surface area contributed by atoms with Gasteiger partial charge in [0, 0.05) is 6.61 Å². The Hall–Kier alpha value is -1.60. The lowest BCUT2D eigenvalue weighted by Crippen LogP contribution is -2.36. The smallest absolute Gasteiger partial charge is 0.330 e. The summed E-state index contributed by atoms with van der Waals surface area (Å²) in [6, 6.07) is 3.69. The van der Waals surface area contributed by atoms with Crippen LogP contribution in [0, 0.1) is 0 Å². The molecule has 0 spiro atoms. The Labute approximate surface area is 131 Å². The average molecular weight is 360 g/mol. The summed E-state index contributed by atoms with van der Waals surface area (Å²) in [5.74, 6) is -1.03. The number of rotatable bonds is 8. The Morgan fingerprint density at radius 3 is 2.67 bits per heavy atom. The SMILES string of the molecule is CCCOCC(=O)NC(C(=O)O)c1ccc(OC)c(Br)c1. The van der Waals surface area contributed by atoms with E-state index in [0.29, 0.717) is 22.4 Å². The van der Waals surface area contributed by atoms with Crippen LogP contribution < -0.4 is 10.1 Å². The van der Waals surface area contributed by atoms with Crippen molar-refractivity contribution in [1.82, 2.24) is 5.32 Å². The molecule has 0 aliphatic rings. The number of hydrogen-bond acceptors (Lipinski definition) is 4. The van der Waals surface area contributed by atoms with Gasteiger partial charge in [-0.3, -0.25) is 4.79 Å². The lowest BCUT2D eigenvalue weighted by molar-refractivity contribution is -0.142. The predicted molar refractivity (Wildman–Crippen MR) is 80.3 cm³/mol. The lowest BCUT2D eigenvalue weighted by Gasteiger charge is -2.16. The zero-order valence-electron chi connectivity index (χ0n) is 11.9. The second kappa shape index (κ2) is 8.63. The fourth-order valence-corrected chi connectivity index (χ4v) is 2.22. The maximum Gasteiger partial charge on any atom is 0.330 e. The number of aliphatic carboxylic acids is 1. The summed E-state index contributed by atoms with van der Waals surface area (Å²) in [4.78, 5) is 23.0. The molecule has 0 aliphatic carbocycles. The molecule has 21 heavy (non-hydrogen) atoms. The molecule has 1 amide bonds. The van der Waals surface area contributed by atoms with Crippen LogP contribution in [0.3, 0.4) is 0 Å². The summed E-state index contributed by atoms with van der Waals surface area (Å²) in [5, 5.41) is 11.7. The molecule has 0 radical (unpaired) electrons. The van der Waals surface area contributed by atoms with Gasteiger partial charge in [0.25, 0.3) is 0 Å². The van der Waals surface area contributed by atoms with Crippen LogP contribution in [-0.2, 0) is 14.3 Å². The molecular formula is C14H18BrNO5. The van der Waals surface area contributed by atoms with Crippen LogP contribution in [0.5, 0.6) is 5.75 Å². The molecule has 0 aliphatic heterocycles. The molecule has 0 saturated heterocycles. The first-order valence-electron chi connectivity index (χ1n) is 6.43. The number of carbonyl (C=O) groups excluding carboxylic acids is 1. The van der Waals surface area contributed by atoms with E-state index in [0.717, 1.165) is 6.42 Å². The minimum Gasteiger partial charge on any atom is -0.496 e. The monoisotopic (exact) mass is 359 g/mol. The van der Waals surface area contributed by atoms with Crippen molar-refractivity contribution in [2.24, 2.45) is 0 Å². The molecule has 116 valence electrons. The number of hydrogen-bond donors (Lipinski definition) is 2. The second-order valence-corrected chi connectivity index (χ2v) is 5.14. The third kappa shape index (κ3) is 5.35. The second-order valence-electron chi connectivity index (χ2n) is 4.29. The first-order valence-corrected chi connectivity index (χ1v) is 7.22. The number of ether oxygens (including phenoxy) is 2. The van der Waals surface area contributed by atoms with Gasteiger partial charge in [-0.15, -0.1) is 0 Å². The fraction of sp³-hybridized carbons (Fsp3) is 0.429.